The second kappa shape index (κ2) is 8.97. The minimum Gasteiger partial charge on any atom is -0.469 e. The van der Waals surface area contributed by atoms with Crippen molar-refractivity contribution in [2.45, 2.75) is 18.5 Å². The van der Waals surface area contributed by atoms with Crippen LogP contribution in [0.2, 0.25) is 0 Å². The van der Waals surface area contributed by atoms with E-state index < -0.39 is 0 Å². The number of nitrogens with one attached hydrogen (secondary N) is 1. The SMILES string of the molecule is COC(=O)CCN1C(=S)N[C@H](c2ccccn2)[C@@H]1c1ccc(-c2ccc(Br)cc2)o1. The Kier molecular flexibility index (Phi) is 6.15. The standard InChI is InChI=1S/C22H20BrN3O3S/c1-28-19(27)11-13-26-21(20(25-22(26)30)16-4-2-3-12-24-16)18-10-9-17(29-18)14-5-7-15(23)8-6-14/h2-10,12,20-21H,11,13H2,1H3,(H,25,30)/t20-,21+/m1/s1. The van der Waals surface area contributed by atoms with Crippen molar-refractivity contribution in [1.29, 1.82) is 0 Å². The van der Waals surface area contributed by atoms with Crippen molar-refractivity contribution < 1.29 is 13.9 Å². The molecule has 1 aliphatic heterocycles. The summed E-state index contributed by atoms with van der Waals surface area (Å²) in [6, 6.07) is 17.2. The summed E-state index contributed by atoms with van der Waals surface area (Å²) in [7, 11) is 1.38. The van der Waals surface area contributed by atoms with E-state index in [0.29, 0.717) is 11.7 Å². The molecule has 2 atom stereocenters. The Balaban J connectivity index is 1.68. The number of methoxy groups -OCH3 is 1. The maximum atomic E-state index is 11.7. The lowest BCUT2D eigenvalue weighted by molar-refractivity contribution is -0.140. The van der Waals surface area contributed by atoms with Crippen LogP contribution in [0, 0.1) is 0 Å². The van der Waals surface area contributed by atoms with Gasteiger partial charge in [-0.3, -0.25) is 9.78 Å². The quantitative estimate of drug-likeness (QED) is 0.402. The molecule has 1 N–H and O–H groups in total. The molecule has 0 bridgehead atoms. The van der Waals surface area contributed by atoms with Gasteiger partial charge in [0.05, 0.1) is 25.3 Å². The number of carbonyl (C=O) groups is 1. The highest BCUT2D eigenvalue weighted by Gasteiger charge is 2.41. The van der Waals surface area contributed by atoms with E-state index in [1.54, 1.807) is 6.20 Å². The van der Waals surface area contributed by atoms with E-state index >= 15 is 0 Å². The number of benzene rings is 1. The highest BCUT2D eigenvalue weighted by atomic mass is 79.9. The van der Waals surface area contributed by atoms with Gasteiger partial charge in [0.15, 0.2) is 5.11 Å². The van der Waals surface area contributed by atoms with E-state index in [1.807, 2.05) is 59.5 Å². The molecule has 0 saturated carbocycles. The van der Waals surface area contributed by atoms with Gasteiger partial charge >= 0.3 is 5.97 Å². The summed E-state index contributed by atoms with van der Waals surface area (Å²) in [6.07, 6.45) is 1.98. The number of hydrogen-bond acceptors (Lipinski definition) is 5. The minimum atomic E-state index is -0.284. The van der Waals surface area contributed by atoms with Crippen molar-refractivity contribution in [2.75, 3.05) is 13.7 Å². The lowest BCUT2D eigenvalue weighted by Crippen LogP contribution is -2.31. The van der Waals surface area contributed by atoms with Crippen molar-refractivity contribution in [3.63, 3.8) is 0 Å². The number of nitrogens with zero attached hydrogens (tertiary/aromatic N) is 2. The summed E-state index contributed by atoms with van der Waals surface area (Å²) >= 11 is 9.04. The zero-order valence-electron chi connectivity index (χ0n) is 16.2. The molecule has 3 heterocycles. The second-order valence-corrected chi connectivity index (χ2v) is 8.16. The summed E-state index contributed by atoms with van der Waals surface area (Å²) in [5.41, 5.74) is 1.83. The van der Waals surface area contributed by atoms with Gasteiger partial charge in [0.2, 0.25) is 0 Å². The number of pyridine rings is 1. The van der Waals surface area contributed by atoms with Crippen molar-refractivity contribution in [3.05, 3.63) is 76.7 Å². The maximum Gasteiger partial charge on any atom is 0.307 e. The zero-order chi connectivity index (χ0) is 21.1. The van der Waals surface area contributed by atoms with Gasteiger partial charge < -0.3 is 19.4 Å². The largest absolute Gasteiger partial charge is 0.469 e. The molecule has 0 amide bonds. The molecule has 1 aliphatic rings. The third kappa shape index (κ3) is 4.24. The number of rotatable bonds is 6. The fraction of sp³-hybridized carbons (Fsp3) is 0.227. The third-order valence-electron chi connectivity index (χ3n) is 5.03. The molecule has 4 rings (SSSR count). The first-order valence-corrected chi connectivity index (χ1v) is 10.7. The van der Waals surface area contributed by atoms with Crippen LogP contribution in [0.25, 0.3) is 11.3 Å². The first kappa shape index (κ1) is 20.6. The number of hydrogen-bond donors (Lipinski definition) is 1. The molecule has 0 aliphatic carbocycles. The molecule has 0 spiro atoms. The van der Waals surface area contributed by atoms with Crippen LogP contribution in [0.1, 0.15) is 30.0 Å². The Morgan fingerprint density at radius 3 is 2.73 bits per heavy atom. The minimum absolute atomic E-state index is 0.194. The summed E-state index contributed by atoms with van der Waals surface area (Å²) < 4.78 is 12.1. The zero-order valence-corrected chi connectivity index (χ0v) is 18.7. The molecule has 1 saturated heterocycles. The van der Waals surface area contributed by atoms with Crippen LogP contribution in [0.15, 0.2) is 69.7 Å². The van der Waals surface area contributed by atoms with Crippen LogP contribution >= 0.6 is 28.1 Å². The molecule has 3 aromatic rings. The topological polar surface area (TPSA) is 67.6 Å². The number of carbonyl (C=O) groups excluding carboxylic acids is 1. The van der Waals surface area contributed by atoms with Gasteiger partial charge in [0.25, 0.3) is 0 Å². The number of halogens is 1. The molecule has 6 nitrogen and oxygen atoms in total. The predicted octanol–water partition coefficient (Wildman–Crippen LogP) is 4.64. The van der Waals surface area contributed by atoms with Crippen LogP contribution in [0.5, 0.6) is 0 Å². The highest BCUT2D eigenvalue weighted by Crippen LogP contribution is 2.40. The van der Waals surface area contributed by atoms with E-state index in [2.05, 4.69) is 26.2 Å². The van der Waals surface area contributed by atoms with Crippen molar-refractivity contribution in [1.82, 2.24) is 15.2 Å². The molecular weight excluding hydrogens is 466 g/mol. The smallest absolute Gasteiger partial charge is 0.307 e. The van der Waals surface area contributed by atoms with Crippen molar-refractivity contribution >= 4 is 39.2 Å². The van der Waals surface area contributed by atoms with Gasteiger partial charge in [-0.1, -0.05) is 34.1 Å². The molecule has 8 heteroatoms. The Bertz CT molecular complexity index is 1040. The number of thiocarbonyl (C=S) groups is 1. The van der Waals surface area contributed by atoms with Crippen LogP contribution in [0.3, 0.4) is 0 Å². The normalized spacial score (nSPS) is 18.3. The first-order chi connectivity index (χ1) is 14.6. The fourth-order valence-corrected chi connectivity index (χ4v) is 4.15. The number of esters is 1. The lowest BCUT2D eigenvalue weighted by atomic mass is 10.0. The summed E-state index contributed by atoms with van der Waals surface area (Å²) in [4.78, 5) is 18.2. The molecule has 154 valence electrons. The van der Waals surface area contributed by atoms with E-state index in [9.17, 15) is 4.79 Å². The summed E-state index contributed by atoms with van der Waals surface area (Å²) in [5, 5.41) is 3.90. The Hall–Kier alpha value is -2.71. The van der Waals surface area contributed by atoms with Gasteiger partial charge in [0.1, 0.15) is 17.6 Å². The van der Waals surface area contributed by atoms with Crippen LogP contribution in [-0.4, -0.2) is 34.6 Å². The van der Waals surface area contributed by atoms with Crippen molar-refractivity contribution in [3.8, 4) is 11.3 Å². The Morgan fingerprint density at radius 1 is 1.23 bits per heavy atom. The Morgan fingerprint density at radius 2 is 2.03 bits per heavy atom. The third-order valence-corrected chi connectivity index (χ3v) is 5.91. The molecule has 0 radical (unpaired) electrons. The van der Waals surface area contributed by atoms with Crippen molar-refractivity contribution in [2.24, 2.45) is 0 Å². The van der Waals surface area contributed by atoms with Gasteiger partial charge in [-0.2, -0.15) is 0 Å². The van der Waals surface area contributed by atoms with Crippen LogP contribution < -0.4 is 5.32 Å². The monoisotopic (exact) mass is 485 g/mol. The predicted molar refractivity (Wildman–Crippen MR) is 121 cm³/mol. The molecular formula is C22H20BrN3O3S. The van der Waals surface area contributed by atoms with Crippen LogP contribution in [0.4, 0.5) is 0 Å². The fourth-order valence-electron chi connectivity index (χ4n) is 3.55. The number of furan rings is 1. The molecule has 1 aromatic carbocycles. The summed E-state index contributed by atoms with van der Waals surface area (Å²) in [5.74, 6) is 1.23. The molecule has 2 aromatic heterocycles. The second-order valence-electron chi connectivity index (χ2n) is 6.86. The average molecular weight is 486 g/mol. The summed E-state index contributed by atoms with van der Waals surface area (Å²) in [6.45, 7) is 0.417. The van der Waals surface area contributed by atoms with E-state index in [-0.39, 0.29) is 24.5 Å². The average Bonchev–Trinajstić information content (AvgIpc) is 3.37. The Labute approximate surface area is 188 Å². The van der Waals surface area contributed by atoms with Gasteiger partial charge in [-0.25, -0.2) is 0 Å². The first-order valence-electron chi connectivity index (χ1n) is 9.47. The maximum absolute atomic E-state index is 11.7. The van der Waals surface area contributed by atoms with Gasteiger partial charge in [-0.05, 0) is 48.6 Å². The van der Waals surface area contributed by atoms with E-state index in [1.165, 1.54) is 7.11 Å². The molecule has 0 unspecified atom stereocenters. The lowest BCUT2D eigenvalue weighted by Gasteiger charge is -2.25. The van der Waals surface area contributed by atoms with Gasteiger partial charge in [0, 0.05) is 22.8 Å². The molecule has 30 heavy (non-hydrogen) atoms. The van der Waals surface area contributed by atoms with Crippen LogP contribution in [-0.2, 0) is 9.53 Å². The van der Waals surface area contributed by atoms with E-state index in [4.69, 9.17) is 21.4 Å². The van der Waals surface area contributed by atoms with Gasteiger partial charge in [-0.15, -0.1) is 0 Å². The number of ether oxygens (including phenoxy) is 1. The van der Waals surface area contributed by atoms with E-state index in [0.717, 1.165) is 27.3 Å². The highest BCUT2D eigenvalue weighted by molar-refractivity contribution is 9.10. The number of aromatic nitrogens is 1. The molecule has 1 fully saturated rings.